The highest BCUT2D eigenvalue weighted by Crippen LogP contribution is 2.29. The summed E-state index contributed by atoms with van der Waals surface area (Å²) in [5, 5.41) is 1.23. The number of aromatic nitrogens is 3. The van der Waals surface area contributed by atoms with Crippen LogP contribution in [0.1, 0.15) is 11.1 Å². The van der Waals surface area contributed by atoms with Crippen molar-refractivity contribution < 1.29 is 0 Å². The van der Waals surface area contributed by atoms with E-state index in [1.807, 2.05) is 0 Å². The first-order valence-corrected chi connectivity index (χ1v) is 8.87. The molecule has 0 aliphatic rings. The van der Waals surface area contributed by atoms with Gasteiger partial charge < -0.3 is 9.55 Å². The van der Waals surface area contributed by atoms with Crippen molar-refractivity contribution in [3.8, 4) is 11.5 Å². The predicted molar refractivity (Wildman–Crippen MR) is 107 cm³/mol. The number of nitrogens with one attached hydrogen (secondary N) is 1. The van der Waals surface area contributed by atoms with Gasteiger partial charge in [-0.05, 0) is 36.2 Å². The highest BCUT2D eigenvalue weighted by Gasteiger charge is 2.15. The number of fused-ring (bicyclic) bond motifs is 2. The lowest BCUT2D eigenvalue weighted by atomic mass is 10.2. The topological polar surface area (TPSA) is 33.6 Å². The summed E-state index contributed by atoms with van der Waals surface area (Å²) in [4.78, 5) is 8.41. The van der Waals surface area contributed by atoms with Crippen LogP contribution in [0, 0.1) is 6.92 Å². The maximum absolute atomic E-state index is 4.90. The molecular formula is C23H19N3. The first-order valence-electron chi connectivity index (χ1n) is 8.87. The van der Waals surface area contributed by atoms with Crippen molar-refractivity contribution in [2.75, 3.05) is 0 Å². The SMILES string of the molecule is Cc1cccc2[nH]c(-c3cc4ccccc4n3Cc3ccccc3)nc12. The number of hydrogen-bond acceptors (Lipinski definition) is 1. The van der Waals surface area contributed by atoms with Gasteiger partial charge in [-0.1, -0.05) is 60.7 Å². The molecule has 0 unspecified atom stereocenters. The van der Waals surface area contributed by atoms with E-state index in [1.54, 1.807) is 0 Å². The fourth-order valence-electron chi connectivity index (χ4n) is 3.64. The number of nitrogens with zero attached hydrogens (tertiary/aromatic N) is 2. The number of imidazole rings is 1. The molecule has 2 heterocycles. The second kappa shape index (κ2) is 5.88. The molecule has 2 aromatic heterocycles. The van der Waals surface area contributed by atoms with Gasteiger partial charge in [0.25, 0.3) is 0 Å². The van der Waals surface area contributed by atoms with Gasteiger partial charge in [-0.2, -0.15) is 0 Å². The molecule has 0 saturated heterocycles. The van der Waals surface area contributed by atoms with Crippen molar-refractivity contribution in [2.24, 2.45) is 0 Å². The smallest absolute Gasteiger partial charge is 0.155 e. The third kappa shape index (κ3) is 2.40. The van der Waals surface area contributed by atoms with Crippen molar-refractivity contribution in [1.82, 2.24) is 14.5 Å². The van der Waals surface area contributed by atoms with E-state index in [4.69, 9.17) is 4.98 Å². The molecule has 0 amide bonds. The lowest BCUT2D eigenvalue weighted by molar-refractivity contribution is 0.839. The maximum Gasteiger partial charge on any atom is 0.155 e. The minimum Gasteiger partial charge on any atom is -0.337 e. The molecule has 5 rings (SSSR count). The number of hydrogen-bond donors (Lipinski definition) is 1. The zero-order chi connectivity index (χ0) is 17.5. The maximum atomic E-state index is 4.90. The highest BCUT2D eigenvalue weighted by atomic mass is 15.0. The van der Waals surface area contributed by atoms with E-state index >= 15 is 0 Å². The van der Waals surface area contributed by atoms with Gasteiger partial charge in [0.15, 0.2) is 5.82 Å². The van der Waals surface area contributed by atoms with Crippen LogP contribution in [0.2, 0.25) is 0 Å². The Kier molecular flexibility index (Phi) is 3.39. The molecule has 3 nitrogen and oxygen atoms in total. The zero-order valence-electron chi connectivity index (χ0n) is 14.6. The van der Waals surface area contributed by atoms with Crippen LogP contribution in [0.5, 0.6) is 0 Å². The standard InChI is InChI=1S/C23H19N3/c1-16-8-7-12-19-22(16)25-23(24-19)21-14-18-11-5-6-13-20(18)26(21)15-17-9-3-2-4-10-17/h2-14H,15H2,1H3,(H,24,25). The Hall–Kier alpha value is -3.33. The summed E-state index contributed by atoms with van der Waals surface area (Å²) in [6, 6.07) is 27.6. The normalized spacial score (nSPS) is 11.4. The Bertz CT molecular complexity index is 1210. The van der Waals surface area contributed by atoms with Crippen molar-refractivity contribution in [3.63, 3.8) is 0 Å². The Morgan fingerprint density at radius 2 is 1.69 bits per heavy atom. The predicted octanol–water partition coefficient (Wildman–Crippen LogP) is 5.54. The van der Waals surface area contributed by atoms with Crippen molar-refractivity contribution >= 4 is 21.9 Å². The molecule has 3 aromatic carbocycles. The first kappa shape index (κ1) is 15.0. The molecule has 0 saturated carbocycles. The Morgan fingerprint density at radius 3 is 2.54 bits per heavy atom. The summed E-state index contributed by atoms with van der Waals surface area (Å²) in [6.45, 7) is 2.92. The summed E-state index contributed by atoms with van der Waals surface area (Å²) < 4.78 is 2.34. The van der Waals surface area contributed by atoms with E-state index < -0.39 is 0 Å². The molecule has 26 heavy (non-hydrogen) atoms. The fraction of sp³-hybridized carbons (Fsp3) is 0.0870. The molecule has 126 valence electrons. The molecule has 3 heteroatoms. The third-order valence-corrected chi connectivity index (χ3v) is 4.95. The first-order chi connectivity index (χ1) is 12.8. The summed E-state index contributed by atoms with van der Waals surface area (Å²) in [5.41, 5.74) is 6.93. The van der Waals surface area contributed by atoms with E-state index in [2.05, 4.69) is 95.3 Å². The summed E-state index contributed by atoms with van der Waals surface area (Å²) >= 11 is 0. The Labute approximate surface area is 151 Å². The zero-order valence-corrected chi connectivity index (χ0v) is 14.6. The van der Waals surface area contributed by atoms with Gasteiger partial charge in [0, 0.05) is 17.4 Å². The largest absolute Gasteiger partial charge is 0.337 e. The second-order valence-corrected chi connectivity index (χ2v) is 6.72. The molecule has 0 spiro atoms. The molecule has 1 N–H and O–H groups in total. The van der Waals surface area contributed by atoms with Crippen LogP contribution in [-0.4, -0.2) is 14.5 Å². The van der Waals surface area contributed by atoms with Gasteiger partial charge in [0.1, 0.15) is 0 Å². The van der Waals surface area contributed by atoms with Crippen LogP contribution in [0.25, 0.3) is 33.5 Å². The number of para-hydroxylation sites is 2. The van der Waals surface area contributed by atoms with Crippen LogP contribution in [0.15, 0.2) is 78.9 Å². The number of aromatic amines is 1. The molecule has 0 radical (unpaired) electrons. The number of benzene rings is 3. The van der Waals surface area contributed by atoms with E-state index in [0.717, 1.165) is 29.1 Å². The van der Waals surface area contributed by atoms with Gasteiger partial charge >= 0.3 is 0 Å². The summed E-state index contributed by atoms with van der Waals surface area (Å²) in [6.07, 6.45) is 0. The molecule has 0 fully saturated rings. The Balaban J connectivity index is 1.73. The molecule has 0 aliphatic carbocycles. The average molecular weight is 337 g/mol. The lowest BCUT2D eigenvalue weighted by Gasteiger charge is -2.09. The van der Waals surface area contributed by atoms with Gasteiger partial charge in [0.05, 0.1) is 16.7 Å². The minimum atomic E-state index is 0.819. The average Bonchev–Trinajstić information content (AvgIpc) is 3.25. The van der Waals surface area contributed by atoms with E-state index in [-0.39, 0.29) is 0 Å². The van der Waals surface area contributed by atoms with Crippen LogP contribution in [-0.2, 0) is 6.54 Å². The van der Waals surface area contributed by atoms with E-state index in [9.17, 15) is 0 Å². The number of rotatable bonds is 3. The van der Waals surface area contributed by atoms with E-state index in [0.29, 0.717) is 0 Å². The summed E-state index contributed by atoms with van der Waals surface area (Å²) in [7, 11) is 0. The van der Waals surface area contributed by atoms with Gasteiger partial charge in [-0.15, -0.1) is 0 Å². The number of H-pyrrole nitrogens is 1. The van der Waals surface area contributed by atoms with Crippen molar-refractivity contribution in [2.45, 2.75) is 13.5 Å². The van der Waals surface area contributed by atoms with Gasteiger partial charge in [0.2, 0.25) is 0 Å². The molecule has 0 aliphatic heterocycles. The van der Waals surface area contributed by atoms with Crippen molar-refractivity contribution in [3.05, 3.63) is 90.0 Å². The third-order valence-electron chi connectivity index (χ3n) is 4.95. The Morgan fingerprint density at radius 1 is 0.885 bits per heavy atom. The number of aryl methyl sites for hydroxylation is 1. The molecule has 5 aromatic rings. The van der Waals surface area contributed by atoms with Crippen LogP contribution < -0.4 is 0 Å². The fourth-order valence-corrected chi connectivity index (χ4v) is 3.64. The molecule has 0 atom stereocenters. The van der Waals surface area contributed by atoms with Crippen molar-refractivity contribution in [1.29, 1.82) is 0 Å². The van der Waals surface area contributed by atoms with Crippen LogP contribution in [0.3, 0.4) is 0 Å². The van der Waals surface area contributed by atoms with Gasteiger partial charge in [-0.3, -0.25) is 0 Å². The molecular weight excluding hydrogens is 318 g/mol. The second-order valence-electron chi connectivity index (χ2n) is 6.72. The minimum absolute atomic E-state index is 0.819. The highest BCUT2D eigenvalue weighted by molar-refractivity contribution is 5.88. The summed E-state index contributed by atoms with van der Waals surface area (Å²) in [5.74, 6) is 0.918. The quantitative estimate of drug-likeness (QED) is 0.461. The lowest BCUT2D eigenvalue weighted by Crippen LogP contribution is -2.02. The van der Waals surface area contributed by atoms with Crippen LogP contribution in [0.4, 0.5) is 0 Å². The van der Waals surface area contributed by atoms with E-state index in [1.165, 1.54) is 22.0 Å². The monoisotopic (exact) mass is 337 g/mol. The van der Waals surface area contributed by atoms with Gasteiger partial charge in [-0.25, -0.2) is 4.98 Å². The molecule has 0 bridgehead atoms. The van der Waals surface area contributed by atoms with Crippen LogP contribution >= 0.6 is 0 Å².